The van der Waals surface area contributed by atoms with Gasteiger partial charge < -0.3 is 34.0 Å². The average Bonchev–Trinajstić information content (AvgIpc) is 2.84. The van der Waals surface area contributed by atoms with Crippen molar-refractivity contribution in [3.8, 4) is 11.1 Å². The number of pyridine rings is 1. The van der Waals surface area contributed by atoms with Crippen LogP contribution in [0.2, 0.25) is 10.0 Å². The molecule has 192 valence electrons. The van der Waals surface area contributed by atoms with Crippen LogP contribution in [0.3, 0.4) is 0 Å². The molecule has 38 heavy (non-hydrogen) atoms. The van der Waals surface area contributed by atoms with Crippen LogP contribution >= 0.6 is 23.2 Å². The molecule has 2 aromatic carbocycles. The van der Waals surface area contributed by atoms with Crippen molar-refractivity contribution in [2.75, 3.05) is 4.90 Å². The predicted molar refractivity (Wildman–Crippen MR) is 131 cm³/mol. The van der Waals surface area contributed by atoms with E-state index >= 15 is 0 Å². The zero-order valence-electron chi connectivity index (χ0n) is 20.6. The topological polar surface area (TPSA) is 111 Å². The molecule has 0 spiro atoms. The molecule has 0 aliphatic heterocycles. The Labute approximate surface area is 314 Å². The number of alkyl halides is 1. The van der Waals surface area contributed by atoms with E-state index in [4.69, 9.17) is 23.2 Å². The molecule has 0 aliphatic carbocycles. The molecule has 0 aliphatic rings. The van der Waals surface area contributed by atoms with Crippen molar-refractivity contribution >= 4 is 41.2 Å². The van der Waals surface area contributed by atoms with Gasteiger partial charge in [-0.2, -0.15) is 36.1 Å². The van der Waals surface area contributed by atoms with E-state index < -0.39 is 35.4 Å². The van der Waals surface area contributed by atoms with Crippen molar-refractivity contribution in [3.63, 3.8) is 0 Å². The van der Waals surface area contributed by atoms with Crippen LogP contribution in [0.15, 0.2) is 48.7 Å². The summed E-state index contributed by atoms with van der Waals surface area (Å²) in [6, 6.07) is 11.5. The van der Waals surface area contributed by atoms with Crippen LogP contribution in [0.4, 0.5) is 14.6 Å². The normalized spacial score (nSPS) is 10.5. The van der Waals surface area contributed by atoms with E-state index in [2.05, 4.69) is 24.9 Å². The molecular weight excluding hydrogens is 595 g/mol. The third kappa shape index (κ3) is 10.6. The fourth-order valence-electron chi connectivity index (χ4n) is 2.76. The minimum Gasteiger partial charge on any atom is -0.376 e. The number of aromatic nitrogens is 1. The number of carbonyl (C=O) groups is 1. The molecule has 0 radical (unpaired) electrons. The molecule has 3 N–H and O–H groups in total. The van der Waals surface area contributed by atoms with Gasteiger partial charge in [0.25, 0.3) is 5.91 Å². The Kier molecular flexibility index (Phi) is 18.1. The van der Waals surface area contributed by atoms with Gasteiger partial charge in [0.1, 0.15) is 5.82 Å². The maximum absolute atomic E-state index is 14.1. The molecule has 1 aromatic heterocycles. The first-order valence-electron chi connectivity index (χ1n) is 10.2. The Morgan fingerprint density at radius 3 is 2.21 bits per heavy atom. The summed E-state index contributed by atoms with van der Waals surface area (Å²) in [5.74, 6) is -2.98. The number of aliphatic hydroxyl groups is 3. The zero-order chi connectivity index (χ0) is 27.0. The monoisotopic (exact) mass is 614 g/mol. The molecule has 0 atom stereocenters. The third-order valence-corrected chi connectivity index (χ3v) is 5.24. The minimum absolute atomic E-state index is 0. The van der Waals surface area contributed by atoms with Crippen LogP contribution in [0.5, 0.6) is 0 Å². The number of amides is 1. The molecule has 1 heterocycles. The van der Waals surface area contributed by atoms with Crippen molar-refractivity contribution < 1.29 is 136 Å². The van der Waals surface area contributed by atoms with E-state index in [1.54, 1.807) is 6.29 Å². The van der Waals surface area contributed by atoms with Gasteiger partial charge in [-0.05, 0) is 18.3 Å². The van der Waals surface area contributed by atoms with Crippen LogP contribution in [0.1, 0.15) is 28.8 Å². The Morgan fingerprint density at radius 1 is 1.13 bits per heavy atom. The smallest absolute Gasteiger partial charge is 0.376 e. The number of carbonyl (C=O) groups excluding carboxylic acids is 2. The average molecular weight is 616 g/mol. The maximum Gasteiger partial charge on any atom is 1.00 e. The van der Waals surface area contributed by atoms with Gasteiger partial charge in [0.15, 0.2) is 0 Å². The van der Waals surface area contributed by atoms with Gasteiger partial charge in [-0.15, -0.1) is 11.6 Å². The number of hydrogen-bond donors (Lipinski definition) is 3. The zero-order valence-corrected chi connectivity index (χ0v) is 28.3. The van der Waals surface area contributed by atoms with Gasteiger partial charge >= 0.3 is 109 Å². The second kappa shape index (κ2) is 18.0. The summed E-state index contributed by atoms with van der Waals surface area (Å²) in [5, 5.41) is 29.0. The molecule has 3 aromatic rings. The Balaban J connectivity index is 0.00000154. The summed E-state index contributed by atoms with van der Waals surface area (Å²) in [4.78, 5) is 27.5. The summed E-state index contributed by atoms with van der Waals surface area (Å²) >= 11 is 12.0. The van der Waals surface area contributed by atoms with Gasteiger partial charge in [-0.1, -0.05) is 29.3 Å². The molecule has 0 fully saturated rings. The fraction of sp³-hybridized carbons (Fsp3) is 0.160. The van der Waals surface area contributed by atoms with Crippen molar-refractivity contribution in [1.29, 1.82) is 0 Å². The van der Waals surface area contributed by atoms with E-state index in [9.17, 15) is 33.7 Å². The summed E-state index contributed by atoms with van der Waals surface area (Å²) in [7, 11) is 0. The molecule has 0 bridgehead atoms. The fourth-order valence-corrected chi connectivity index (χ4v) is 3.23. The van der Waals surface area contributed by atoms with E-state index in [0.29, 0.717) is 24.0 Å². The first kappa shape index (κ1) is 38.3. The molecule has 7 nitrogen and oxygen atoms in total. The van der Waals surface area contributed by atoms with Gasteiger partial charge in [0.05, 0.1) is 16.9 Å². The second-order valence-corrected chi connectivity index (χ2v) is 7.95. The van der Waals surface area contributed by atoms with Crippen LogP contribution in [-0.2, 0) is 4.79 Å². The Hall–Kier alpha value is 0.323. The van der Waals surface area contributed by atoms with Crippen molar-refractivity contribution in [2.24, 2.45) is 0 Å². The second-order valence-electron chi connectivity index (χ2n) is 7.13. The number of halogens is 4. The molecule has 0 saturated heterocycles. The van der Waals surface area contributed by atoms with Crippen LogP contribution in [0, 0.1) is 25.7 Å². The molecular formula is C25H20Cl2F2K2N2O5-2. The molecule has 13 heteroatoms. The number of benzene rings is 2. The van der Waals surface area contributed by atoms with E-state index in [1.807, 2.05) is 0 Å². The number of rotatable bonds is 7. The van der Waals surface area contributed by atoms with Crippen LogP contribution in [-0.4, -0.2) is 44.8 Å². The van der Waals surface area contributed by atoms with E-state index in [1.165, 1.54) is 42.6 Å². The molecule has 1 amide bonds. The maximum atomic E-state index is 14.1. The molecule has 0 saturated carbocycles. The Morgan fingerprint density at radius 2 is 1.76 bits per heavy atom. The summed E-state index contributed by atoms with van der Waals surface area (Å²) in [5.41, 5.74) is 0.268. The van der Waals surface area contributed by atoms with Gasteiger partial charge in [-0.25, -0.2) is 21.4 Å². The third-order valence-electron chi connectivity index (χ3n) is 4.60. The predicted octanol–water partition coefficient (Wildman–Crippen LogP) is -1.53. The number of anilines is 1. The van der Waals surface area contributed by atoms with Crippen molar-refractivity contribution in [1.82, 2.24) is 4.98 Å². The van der Waals surface area contributed by atoms with Gasteiger partial charge in [-0.3, -0.25) is 14.2 Å². The van der Waals surface area contributed by atoms with Crippen molar-refractivity contribution in [3.05, 3.63) is 95.6 Å². The summed E-state index contributed by atoms with van der Waals surface area (Å²) < 4.78 is 25.8. The van der Waals surface area contributed by atoms with Crippen LogP contribution < -0.4 is 108 Å². The minimum atomic E-state index is -3.74. The SMILES string of the molecule is O=[C-]c1ccc(Cl)c(-c2c[c-]c(N(C(=O)c3c(F)cccc3Cl)C(O)(O)O)nc2)c1.[CH2-]CC(F)C[CH2-].[K+].[K+]. The van der Waals surface area contributed by atoms with Gasteiger partial charge in [0.2, 0.25) is 0 Å². The first-order valence-corrected chi connectivity index (χ1v) is 10.9. The van der Waals surface area contributed by atoms with Crippen molar-refractivity contribution in [2.45, 2.75) is 25.1 Å². The van der Waals surface area contributed by atoms with E-state index in [-0.39, 0.29) is 123 Å². The Bertz CT molecular complexity index is 1190. The first-order chi connectivity index (χ1) is 16.9. The molecule has 0 unspecified atom stereocenters. The summed E-state index contributed by atoms with van der Waals surface area (Å²) in [6.45, 7) is 6.68. The van der Waals surface area contributed by atoms with Gasteiger partial charge in [0, 0.05) is 17.0 Å². The number of nitrogens with zero attached hydrogens (tertiary/aromatic N) is 2. The van der Waals surface area contributed by atoms with Crippen LogP contribution in [0.25, 0.3) is 11.1 Å². The summed E-state index contributed by atoms with van der Waals surface area (Å²) in [6.07, 6.45) is -0.929. The largest absolute Gasteiger partial charge is 1.00 e. The standard InChI is InChI=1S/C20H11Cl2FN2O5.C5H9F.2K/c21-14-6-4-11(10-26)8-13(14)12-5-7-17(24-9-12)25(20(28,29)30)19(27)18-15(22)2-1-3-16(18)23;1-3-5(6)4-2;;/h1-6,8-9,28-30H;5H,1-4H2;;/q2*-2;2*+1. The quantitative estimate of drug-likeness (QED) is 0.169. The van der Waals surface area contributed by atoms with E-state index in [0.717, 1.165) is 6.07 Å². The molecule has 3 rings (SSSR count). The number of hydrogen-bond acceptors (Lipinski definition) is 6.